The first-order chi connectivity index (χ1) is 19.8. The lowest BCUT2D eigenvalue weighted by Crippen LogP contribution is -2.60. The summed E-state index contributed by atoms with van der Waals surface area (Å²) >= 11 is 0. The third-order valence-electron chi connectivity index (χ3n) is 7.34. The van der Waals surface area contributed by atoms with E-state index >= 15 is 0 Å². The highest BCUT2D eigenvalue weighted by Gasteiger charge is 2.37. The van der Waals surface area contributed by atoms with Crippen molar-refractivity contribution >= 4 is 29.7 Å². The number of hydrogen-bond acceptors (Lipinski definition) is 6. The first kappa shape index (κ1) is 37.2. The second-order valence-electron chi connectivity index (χ2n) is 12.9. The monoisotopic (exact) mass is 605 g/mol. The number of benzene rings is 1. The lowest BCUT2D eigenvalue weighted by atomic mass is 9.79. The normalized spacial score (nSPS) is 14.6. The molecule has 7 N–H and O–H groups in total. The molecule has 12 nitrogen and oxygen atoms in total. The van der Waals surface area contributed by atoms with Gasteiger partial charge in [0, 0.05) is 17.4 Å². The van der Waals surface area contributed by atoms with Gasteiger partial charge < -0.3 is 36.8 Å². The number of aliphatic carboxylic acids is 1. The van der Waals surface area contributed by atoms with Crippen molar-refractivity contribution in [2.24, 2.45) is 23.0 Å². The highest BCUT2D eigenvalue weighted by molar-refractivity contribution is 5.93. The quantitative estimate of drug-likeness (QED) is 0.157. The Morgan fingerprint density at radius 2 is 1.47 bits per heavy atom. The van der Waals surface area contributed by atoms with E-state index < -0.39 is 58.8 Å². The van der Waals surface area contributed by atoms with Crippen LogP contribution in [0.2, 0.25) is 0 Å². The van der Waals surface area contributed by atoms with Gasteiger partial charge in [0.2, 0.25) is 17.7 Å². The molecule has 0 radical (unpaired) electrons. The zero-order valence-corrected chi connectivity index (χ0v) is 27.0. The van der Waals surface area contributed by atoms with E-state index in [1.54, 1.807) is 52.0 Å². The van der Waals surface area contributed by atoms with Crippen LogP contribution in [0.3, 0.4) is 0 Å². The van der Waals surface area contributed by atoms with Crippen molar-refractivity contribution in [1.82, 2.24) is 21.3 Å². The highest BCUT2D eigenvalue weighted by atomic mass is 16.5. The number of ether oxygens (including phenoxy) is 1. The highest BCUT2D eigenvalue weighted by Crippen LogP contribution is 2.28. The van der Waals surface area contributed by atoms with Gasteiger partial charge in [-0.05, 0) is 56.2 Å². The van der Waals surface area contributed by atoms with Crippen LogP contribution in [0.1, 0.15) is 80.2 Å². The molecular weight excluding hydrogens is 554 g/mol. The summed E-state index contributed by atoms with van der Waals surface area (Å²) in [4.78, 5) is 63.7. The molecule has 1 aromatic carbocycles. The number of primary amides is 1. The van der Waals surface area contributed by atoms with Gasteiger partial charge in [0.25, 0.3) is 0 Å². The maximum atomic E-state index is 13.7. The number of methoxy groups -OCH3 is 1. The van der Waals surface area contributed by atoms with Crippen LogP contribution < -0.4 is 31.7 Å². The Balaban J connectivity index is 3.25. The largest absolute Gasteiger partial charge is 0.497 e. The fourth-order valence-electron chi connectivity index (χ4n) is 4.86. The topological polar surface area (TPSA) is 189 Å². The molecule has 5 amide bonds. The summed E-state index contributed by atoms with van der Waals surface area (Å²) in [6, 6.07) is 2.89. The Hall–Kier alpha value is -3.83. The molecule has 1 aromatic rings. The number of urea groups is 1. The van der Waals surface area contributed by atoms with Crippen molar-refractivity contribution in [3.63, 3.8) is 0 Å². The van der Waals surface area contributed by atoms with Gasteiger partial charge in [0.1, 0.15) is 23.9 Å². The van der Waals surface area contributed by atoms with E-state index in [1.807, 2.05) is 27.7 Å². The fourth-order valence-corrected chi connectivity index (χ4v) is 4.86. The SMILES string of the molecule is CCC(C)C(NC(=O)C(Cc1ccc(OC)cc1)NC(=O)NC(CC(C)C)C(=O)O)C(=O)NC(C)(C)CC(C)(C)C(N)=O. The van der Waals surface area contributed by atoms with Gasteiger partial charge in [-0.25, -0.2) is 9.59 Å². The van der Waals surface area contributed by atoms with Crippen LogP contribution in [0.25, 0.3) is 0 Å². The molecule has 4 unspecified atom stereocenters. The number of carbonyl (C=O) groups is 5. The molecule has 0 spiro atoms. The second-order valence-corrected chi connectivity index (χ2v) is 12.9. The minimum Gasteiger partial charge on any atom is -0.497 e. The number of amides is 5. The summed E-state index contributed by atoms with van der Waals surface area (Å²) in [5, 5.41) is 20.4. The number of rotatable bonds is 17. The molecule has 4 atom stereocenters. The molecule has 0 heterocycles. The van der Waals surface area contributed by atoms with Crippen LogP contribution in [0, 0.1) is 17.3 Å². The van der Waals surface area contributed by atoms with E-state index in [2.05, 4.69) is 21.3 Å². The van der Waals surface area contributed by atoms with Gasteiger partial charge in [0.15, 0.2) is 0 Å². The zero-order valence-electron chi connectivity index (χ0n) is 27.0. The first-order valence-corrected chi connectivity index (χ1v) is 14.7. The lowest BCUT2D eigenvalue weighted by Gasteiger charge is -2.36. The van der Waals surface area contributed by atoms with Gasteiger partial charge in [0.05, 0.1) is 7.11 Å². The van der Waals surface area contributed by atoms with Crippen molar-refractivity contribution in [1.29, 1.82) is 0 Å². The van der Waals surface area contributed by atoms with Gasteiger partial charge in [-0.15, -0.1) is 0 Å². The Labute approximate surface area is 255 Å². The molecule has 0 aliphatic rings. The van der Waals surface area contributed by atoms with Gasteiger partial charge >= 0.3 is 12.0 Å². The van der Waals surface area contributed by atoms with Crippen molar-refractivity contribution in [3.8, 4) is 5.75 Å². The maximum absolute atomic E-state index is 13.7. The maximum Gasteiger partial charge on any atom is 0.326 e. The minimum absolute atomic E-state index is 0.00685. The molecule has 0 bridgehead atoms. The van der Waals surface area contributed by atoms with Crippen molar-refractivity contribution in [3.05, 3.63) is 29.8 Å². The molecular formula is C31H51N5O7. The Bertz CT molecular complexity index is 1120. The van der Waals surface area contributed by atoms with E-state index in [0.717, 1.165) is 0 Å². The number of nitrogens with two attached hydrogens (primary N) is 1. The van der Waals surface area contributed by atoms with E-state index in [-0.39, 0.29) is 31.1 Å². The number of hydrogen-bond donors (Lipinski definition) is 6. The number of carboxylic acids is 1. The third kappa shape index (κ3) is 12.5. The summed E-state index contributed by atoms with van der Waals surface area (Å²) < 4.78 is 5.20. The standard InChI is InChI=1S/C31H51N5O7/c1-10-19(4)24(26(38)36-31(7,8)17-30(5,6)28(32)41)35-25(37)22(16-20-11-13-21(43-9)14-12-20)33-29(42)34-23(27(39)40)15-18(2)3/h11-14,18-19,22-24H,10,15-17H2,1-9H3,(H2,32,41)(H,35,37)(H,36,38)(H,39,40)(H2,33,34,42). The summed E-state index contributed by atoms with van der Waals surface area (Å²) in [5.74, 6) is -2.39. The summed E-state index contributed by atoms with van der Waals surface area (Å²) in [7, 11) is 1.53. The second kappa shape index (κ2) is 16.1. The minimum atomic E-state index is -1.18. The van der Waals surface area contributed by atoms with E-state index in [0.29, 0.717) is 17.7 Å². The van der Waals surface area contributed by atoms with Crippen LogP contribution in [0.15, 0.2) is 24.3 Å². The van der Waals surface area contributed by atoms with Crippen LogP contribution >= 0.6 is 0 Å². The number of nitrogens with one attached hydrogen (secondary N) is 4. The van der Waals surface area contributed by atoms with Crippen molar-refractivity contribution in [2.75, 3.05) is 7.11 Å². The van der Waals surface area contributed by atoms with Gasteiger partial charge in [-0.2, -0.15) is 0 Å². The Morgan fingerprint density at radius 3 is 1.93 bits per heavy atom. The zero-order chi connectivity index (χ0) is 33.1. The third-order valence-corrected chi connectivity index (χ3v) is 7.34. The summed E-state index contributed by atoms with van der Waals surface area (Å²) in [6.07, 6.45) is 1.11. The van der Waals surface area contributed by atoms with Crippen LogP contribution in [-0.4, -0.2) is 65.6 Å². The molecule has 1 rings (SSSR count). The van der Waals surface area contributed by atoms with Gasteiger partial charge in [-0.3, -0.25) is 14.4 Å². The molecule has 43 heavy (non-hydrogen) atoms. The molecule has 0 aromatic heterocycles. The number of carbonyl (C=O) groups excluding carboxylic acids is 4. The average Bonchev–Trinajstić information content (AvgIpc) is 2.89. The molecule has 12 heteroatoms. The first-order valence-electron chi connectivity index (χ1n) is 14.7. The van der Waals surface area contributed by atoms with Gasteiger partial charge in [-0.1, -0.05) is 60.1 Å². The van der Waals surface area contributed by atoms with Crippen LogP contribution in [-0.2, 0) is 25.6 Å². The molecule has 242 valence electrons. The predicted octanol–water partition coefficient (Wildman–Crippen LogP) is 2.73. The van der Waals surface area contributed by atoms with Crippen LogP contribution in [0.5, 0.6) is 5.75 Å². The summed E-state index contributed by atoms with van der Waals surface area (Å²) in [5.41, 5.74) is 4.54. The smallest absolute Gasteiger partial charge is 0.326 e. The molecule has 0 aliphatic carbocycles. The van der Waals surface area contributed by atoms with Crippen LogP contribution in [0.4, 0.5) is 4.79 Å². The summed E-state index contributed by atoms with van der Waals surface area (Å²) in [6.45, 7) is 14.4. The lowest BCUT2D eigenvalue weighted by molar-refractivity contribution is -0.139. The molecule has 0 saturated carbocycles. The number of carboxylic acid groups (broad SMARTS) is 1. The Morgan fingerprint density at radius 1 is 0.907 bits per heavy atom. The van der Waals surface area contributed by atoms with E-state index in [9.17, 15) is 29.1 Å². The van der Waals surface area contributed by atoms with Crippen molar-refractivity contribution < 1.29 is 33.8 Å². The fraction of sp³-hybridized carbons (Fsp3) is 0.645. The Kier molecular flexibility index (Phi) is 14.0. The van der Waals surface area contributed by atoms with Crippen molar-refractivity contribution in [2.45, 2.75) is 105 Å². The van der Waals surface area contributed by atoms with E-state index in [1.165, 1.54) is 7.11 Å². The molecule has 0 saturated heterocycles. The van der Waals surface area contributed by atoms with E-state index in [4.69, 9.17) is 10.5 Å². The molecule has 0 aliphatic heterocycles. The average molecular weight is 606 g/mol. The molecule has 0 fully saturated rings. The predicted molar refractivity (Wildman–Crippen MR) is 164 cm³/mol.